The number of carbonyl (C=O) groups excluding carboxylic acids is 1. The van der Waals surface area contributed by atoms with E-state index >= 15 is 0 Å². The molecule has 1 aromatic carbocycles. The van der Waals surface area contributed by atoms with Crippen molar-refractivity contribution in [2.24, 2.45) is 0 Å². The number of aromatic nitrogens is 3. The molecule has 0 bridgehead atoms. The Kier molecular flexibility index (Phi) is 3.69. The Hall–Kier alpha value is -3.21. The summed E-state index contributed by atoms with van der Waals surface area (Å²) < 4.78 is 1.86. The van der Waals surface area contributed by atoms with Gasteiger partial charge in [-0.25, -0.2) is 4.98 Å². The lowest BCUT2D eigenvalue weighted by atomic mass is 10.2. The molecule has 0 aliphatic heterocycles. The molecule has 0 fully saturated rings. The van der Waals surface area contributed by atoms with Crippen LogP contribution in [-0.4, -0.2) is 20.3 Å². The molecule has 0 aliphatic rings. The number of anilines is 1. The molecule has 124 valence electrons. The van der Waals surface area contributed by atoms with Crippen molar-refractivity contribution < 1.29 is 4.79 Å². The summed E-state index contributed by atoms with van der Waals surface area (Å²) in [6.45, 7) is 4.01. The second-order valence-corrected chi connectivity index (χ2v) is 5.98. The van der Waals surface area contributed by atoms with Crippen LogP contribution in [0.25, 0.3) is 16.6 Å². The molecular weight excluding hydrogens is 312 g/mol. The lowest BCUT2D eigenvalue weighted by Gasteiger charge is -2.09. The third kappa shape index (κ3) is 2.54. The fraction of sp³-hybridized carbons (Fsp3) is 0.150. The number of amides is 1. The predicted octanol–water partition coefficient (Wildman–Crippen LogP) is 4.01. The lowest BCUT2D eigenvalue weighted by Crippen LogP contribution is -2.16. The van der Waals surface area contributed by atoms with E-state index in [-0.39, 0.29) is 5.91 Å². The van der Waals surface area contributed by atoms with E-state index in [2.05, 4.69) is 15.3 Å². The molecule has 5 heteroatoms. The number of carbonyl (C=O) groups is 1. The van der Waals surface area contributed by atoms with Crippen LogP contribution in [0.5, 0.6) is 0 Å². The van der Waals surface area contributed by atoms with Gasteiger partial charge in [0.05, 0.1) is 16.9 Å². The zero-order valence-electron chi connectivity index (χ0n) is 14.2. The summed E-state index contributed by atoms with van der Waals surface area (Å²) in [6, 6.07) is 13.6. The van der Waals surface area contributed by atoms with Crippen molar-refractivity contribution in [3.8, 4) is 0 Å². The number of hydrogen-bond donors (Lipinski definition) is 1. The molecule has 0 aliphatic carbocycles. The van der Waals surface area contributed by atoms with Crippen molar-refractivity contribution in [2.45, 2.75) is 20.3 Å². The molecule has 1 N–H and O–H groups in total. The molecule has 1 amide bonds. The van der Waals surface area contributed by atoms with Crippen LogP contribution in [0.3, 0.4) is 0 Å². The fourth-order valence-electron chi connectivity index (χ4n) is 3.12. The topological polar surface area (TPSA) is 59.3 Å². The van der Waals surface area contributed by atoms with Gasteiger partial charge in [-0.15, -0.1) is 0 Å². The number of rotatable bonds is 3. The highest BCUT2D eigenvalue weighted by Crippen LogP contribution is 2.23. The summed E-state index contributed by atoms with van der Waals surface area (Å²) in [5.41, 5.74) is 4.71. The number of nitrogens with zero attached hydrogens (tertiary/aromatic N) is 3. The van der Waals surface area contributed by atoms with Gasteiger partial charge in [-0.2, -0.15) is 0 Å². The first-order valence-corrected chi connectivity index (χ1v) is 8.30. The minimum absolute atomic E-state index is 0.173. The summed E-state index contributed by atoms with van der Waals surface area (Å²) in [5.74, 6) is -0.173. The minimum Gasteiger partial charge on any atom is -0.319 e. The standard InChI is InChI=1S/C20H18N4O/c1-3-15-18(24-12-6-7-13(2)19(24)22-15)20(25)23-16-10-4-8-14-9-5-11-21-17(14)16/h4-12H,3H2,1-2H3,(H,23,25). The van der Waals surface area contributed by atoms with Crippen LogP contribution < -0.4 is 5.32 Å². The van der Waals surface area contributed by atoms with E-state index in [9.17, 15) is 4.79 Å². The zero-order chi connectivity index (χ0) is 17.4. The molecular formula is C20H18N4O. The number of fused-ring (bicyclic) bond motifs is 2. The molecule has 25 heavy (non-hydrogen) atoms. The minimum atomic E-state index is -0.173. The predicted molar refractivity (Wildman–Crippen MR) is 99.0 cm³/mol. The van der Waals surface area contributed by atoms with Gasteiger partial charge in [-0.3, -0.25) is 14.2 Å². The maximum absolute atomic E-state index is 13.0. The van der Waals surface area contributed by atoms with Crippen LogP contribution in [0, 0.1) is 6.92 Å². The highest BCUT2D eigenvalue weighted by Gasteiger charge is 2.19. The average molecular weight is 330 g/mol. The zero-order valence-corrected chi connectivity index (χ0v) is 14.2. The van der Waals surface area contributed by atoms with Crippen LogP contribution in [-0.2, 0) is 6.42 Å². The second kappa shape index (κ2) is 6.02. The molecule has 0 spiro atoms. The summed E-state index contributed by atoms with van der Waals surface area (Å²) in [4.78, 5) is 22.1. The maximum Gasteiger partial charge on any atom is 0.274 e. The van der Waals surface area contributed by atoms with Crippen LogP contribution >= 0.6 is 0 Å². The van der Waals surface area contributed by atoms with Crippen molar-refractivity contribution in [1.82, 2.24) is 14.4 Å². The largest absolute Gasteiger partial charge is 0.319 e. The Balaban J connectivity index is 1.81. The number of hydrogen-bond acceptors (Lipinski definition) is 3. The van der Waals surface area contributed by atoms with E-state index in [1.807, 2.05) is 66.9 Å². The van der Waals surface area contributed by atoms with E-state index in [0.717, 1.165) is 27.8 Å². The van der Waals surface area contributed by atoms with E-state index in [0.29, 0.717) is 17.8 Å². The molecule has 5 nitrogen and oxygen atoms in total. The van der Waals surface area contributed by atoms with E-state index in [1.165, 1.54) is 0 Å². The van der Waals surface area contributed by atoms with Gasteiger partial charge in [0.25, 0.3) is 5.91 Å². The summed E-state index contributed by atoms with van der Waals surface area (Å²) in [6.07, 6.45) is 4.30. The number of aryl methyl sites for hydroxylation is 2. The molecule has 0 atom stereocenters. The van der Waals surface area contributed by atoms with E-state index in [1.54, 1.807) is 6.20 Å². The highest BCUT2D eigenvalue weighted by molar-refractivity contribution is 6.08. The number of pyridine rings is 2. The van der Waals surface area contributed by atoms with Gasteiger partial charge in [-0.1, -0.05) is 31.2 Å². The van der Waals surface area contributed by atoms with Crippen molar-refractivity contribution in [3.05, 3.63) is 71.8 Å². The Labute approximate surface area is 145 Å². The third-order valence-electron chi connectivity index (χ3n) is 4.35. The molecule has 4 rings (SSSR count). The van der Waals surface area contributed by atoms with Gasteiger partial charge in [0, 0.05) is 17.8 Å². The molecule has 3 heterocycles. The molecule has 0 saturated heterocycles. The van der Waals surface area contributed by atoms with Gasteiger partial charge in [0.15, 0.2) is 0 Å². The summed E-state index contributed by atoms with van der Waals surface area (Å²) in [7, 11) is 0. The highest BCUT2D eigenvalue weighted by atomic mass is 16.2. The molecule has 4 aromatic rings. The SMILES string of the molecule is CCc1nc2c(C)cccn2c1C(=O)Nc1cccc2cccnc12. The normalized spacial score (nSPS) is 11.1. The Morgan fingerprint density at radius 1 is 1.16 bits per heavy atom. The van der Waals surface area contributed by atoms with Gasteiger partial charge in [0.1, 0.15) is 11.3 Å². The van der Waals surface area contributed by atoms with Crippen LogP contribution in [0.15, 0.2) is 54.9 Å². The molecule has 0 radical (unpaired) electrons. The molecule has 3 aromatic heterocycles. The lowest BCUT2D eigenvalue weighted by molar-refractivity contribution is 0.102. The first-order chi connectivity index (χ1) is 12.2. The molecule has 0 unspecified atom stereocenters. The fourth-order valence-corrected chi connectivity index (χ4v) is 3.12. The Morgan fingerprint density at radius 2 is 2.00 bits per heavy atom. The Morgan fingerprint density at radius 3 is 2.84 bits per heavy atom. The van der Waals surface area contributed by atoms with Crippen LogP contribution in [0.1, 0.15) is 28.7 Å². The number of imidazole rings is 1. The van der Waals surface area contributed by atoms with E-state index in [4.69, 9.17) is 0 Å². The van der Waals surface area contributed by atoms with Crippen molar-refractivity contribution in [3.63, 3.8) is 0 Å². The summed E-state index contributed by atoms with van der Waals surface area (Å²) in [5, 5.41) is 4.00. The van der Waals surface area contributed by atoms with Crippen molar-refractivity contribution in [2.75, 3.05) is 5.32 Å². The van der Waals surface area contributed by atoms with E-state index < -0.39 is 0 Å². The third-order valence-corrected chi connectivity index (χ3v) is 4.35. The first kappa shape index (κ1) is 15.3. The number of nitrogens with one attached hydrogen (secondary N) is 1. The maximum atomic E-state index is 13.0. The van der Waals surface area contributed by atoms with Gasteiger partial charge >= 0.3 is 0 Å². The van der Waals surface area contributed by atoms with Crippen molar-refractivity contribution >= 4 is 28.1 Å². The quantitative estimate of drug-likeness (QED) is 0.617. The van der Waals surface area contributed by atoms with Crippen LogP contribution in [0.4, 0.5) is 5.69 Å². The number of benzene rings is 1. The van der Waals surface area contributed by atoms with Gasteiger partial charge < -0.3 is 5.32 Å². The van der Waals surface area contributed by atoms with Gasteiger partial charge in [-0.05, 0) is 37.1 Å². The van der Waals surface area contributed by atoms with Gasteiger partial charge in [0.2, 0.25) is 0 Å². The average Bonchev–Trinajstić information content (AvgIpc) is 3.02. The van der Waals surface area contributed by atoms with Crippen LogP contribution in [0.2, 0.25) is 0 Å². The first-order valence-electron chi connectivity index (χ1n) is 8.30. The number of para-hydroxylation sites is 1. The molecule has 0 saturated carbocycles. The monoisotopic (exact) mass is 330 g/mol. The Bertz CT molecular complexity index is 1090. The summed E-state index contributed by atoms with van der Waals surface area (Å²) >= 11 is 0. The van der Waals surface area contributed by atoms with Crippen molar-refractivity contribution in [1.29, 1.82) is 0 Å². The second-order valence-electron chi connectivity index (χ2n) is 5.98. The smallest absolute Gasteiger partial charge is 0.274 e.